The summed E-state index contributed by atoms with van der Waals surface area (Å²) in [5, 5.41) is 0. The highest BCUT2D eigenvalue weighted by Gasteiger charge is 2.21. The molecule has 0 bridgehead atoms. The number of ketones is 1. The van der Waals surface area contributed by atoms with Crippen LogP contribution in [0.25, 0.3) is 0 Å². The molecule has 1 aliphatic rings. The predicted octanol–water partition coefficient (Wildman–Crippen LogP) is 2.01. The van der Waals surface area contributed by atoms with Gasteiger partial charge in [0.15, 0.2) is 5.78 Å². The van der Waals surface area contributed by atoms with Crippen LogP contribution in [-0.2, 0) is 9.59 Å². The zero-order valence-electron chi connectivity index (χ0n) is 9.05. The minimum Gasteiger partial charge on any atom is -0.295 e. The molecular formula is C11H15NO2. The van der Waals surface area contributed by atoms with E-state index in [1.54, 1.807) is 4.90 Å². The summed E-state index contributed by atoms with van der Waals surface area (Å²) in [6, 6.07) is 0. The summed E-state index contributed by atoms with van der Waals surface area (Å²) in [7, 11) is 0. The van der Waals surface area contributed by atoms with Crippen molar-refractivity contribution in [2.24, 2.45) is 0 Å². The maximum atomic E-state index is 11.3. The van der Waals surface area contributed by atoms with Crippen molar-refractivity contribution in [3.63, 3.8) is 0 Å². The first kappa shape index (κ1) is 10.7. The quantitative estimate of drug-likeness (QED) is 0.638. The Hall–Kier alpha value is -1.38. The van der Waals surface area contributed by atoms with E-state index in [0.717, 1.165) is 17.0 Å². The largest absolute Gasteiger partial charge is 0.295 e. The molecule has 3 heteroatoms. The first-order chi connectivity index (χ1) is 6.45. The van der Waals surface area contributed by atoms with Crippen molar-refractivity contribution in [2.45, 2.75) is 34.1 Å². The summed E-state index contributed by atoms with van der Waals surface area (Å²) in [5.41, 5.74) is 2.40. The lowest BCUT2D eigenvalue weighted by atomic mass is 10.0. The molecule has 1 aliphatic heterocycles. The van der Waals surface area contributed by atoms with Crippen LogP contribution in [0.15, 0.2) is 23.0 Å². The number of hydrogen-bond acceptors (Lipinski definition) is 2. The van der Waals surface area contributed by atoms with Crippen molar-refractivity contribution in [3.8, 4) is 0 Å². The highest BCUT2D eigenvalue weighted by Crippen LogP contribution is 2.25. The molecule has 0 N–H and O–H groups in total. The summed E-state index contributed by atoms with van der Waals surface area (Å²) in [6.45, 7) is 6.73. The molecule has 0 radical (unpaired) electrons. The maximum Gasteiger partial charge on any atom is 0.227 e. The standard InChI is InChI=1S/C11H15NO2/c1-7-5-6-11(9(3)13)8(2)12(7)10(4)14/h5H,6H2,1-4H3. The molecule has 3 nitrogen and oxygen atoms in total. The molecule has 0 aromatic rings. The van der Waals surface area contributed by atoms with Gasteiger partial charge in [0.2, 0.25) is 5.91 Å². The minimum absolute atomic E-state index is 0.0394. The number of amides is 1. The van der Waals surface area contributed by atoms with E-state index < -0.39 is 0 Å². The average Bonchev–Trinajstić information content (AvgIpc) is 2.02. The highest BCUT2D eigenvalue weighted by molar-refractivity contribution is 5.95. The molecule has 1 heterocycles. The third kappa shape index (κ3) is 1.76. The van der Waals surface area contributed by atoms with E-state index in [4.69, 9.17) is 0 Å². The fraction of sp³-hybridized carbons (Fsp3) is 0.455. The molecule has 0 saturated carbocycles. The molecule has 0 unspecified atom stereocenters. The van der Waals surface area contributed by atoms with Crippen molar-refractivity contribution in [2.75, 3.05) is 0 Å². The SMILES string of the molecule is CC(=O)C1=C(C)N(C(C)=O)C(C)=CC1. The first-order valence-electron chi connectivity index (χ1n) is 4.63. The zero-order valence-corrected chi connectivity index (χ0v) is 9.05. The second kappa shape index (κ2) is 3.78. The van der Waals surface area contributed by atoms with Gasteiger partial charge in [-0.2, -0.15) is 0 Å². The van der Waals surface area contributed by atoms with Crippen LogP contribution >= 0.6 is 0 Å². The number of Topliss-reactive ketones (excluding diaryl/α,β-unsaturated/α-hetero) is 1. The van der Waals surface area contributed by atoms with Crippen LogP contribution in [0, 0.1) is 0 Å². The lowest BCUT2D eigenvalue weighted by Crippen LogP contribution is -2.29. The Bertz CT molecular complexity index is 350. The normalized spacial score (nSPS) is 16.9. The van der Waals surface area contributed by atoms with Gasteiger partial charge in [0, 0.05) is 23.9 Å². The molecule has 1 amide bonds. The monoisotopic (exact) mass is 193 g/mol. The second-order valence-corrected chi connectivity index (χ2v) is 3.52. The van der Waals surface area contributed by atoms with Crippen molar-refractivity contribution in [1.29, 1.82) is 0 Å². The molecule has 0 aromatic heterocycles. The molecule has 76 valence electrons. The van der Waals surface area contributed by atoms with E-state index in [1.807, 2.05) is 19.9 Å². The maximum absolute atomic E-state index is 11.3. The van der Waals surface area contributed by atoms with E-state index in [9.17, 15) is 9.59 Å². The van der Waals surface area contributed by atoms with Crippen LogP contribution in [0.2, 0.25) is 0 Å². The number of carbonyl (C=O) groups is 2. The Morgan fingerprint density at radius 2 is 1.86 bits per heavy atom. The average molecular weight is 193 g/mol. The van der Waals surface area contributed by atoms with Gasteiger partial charge in [-0.3, -0.25) is 14.5 Å². The third-order valence-electron chi connectivity index (χ3n) is 2.47. The van der Waals surface area contributed by atoms with E-state index in [2.05, 4.69) is 0 Å². The highest BCUT2D eigenvalue weighted by atomic mass is 16.2. The Kier molecular flexibility index (Phi) is 2.89. The van der Waals surface area contributed by atoms with Crippen LogP contribution in [0.3, 0.4) is 0 Å². The van der Waals surface area contributed by atoms with Gasteiger partial charge in [-0.05, 0) is 27.2 Å². The molecule has 0 fully saturated rings. The van der Waals surface area contributed by atoms with Crippen LogP contribution in [-0.4, -0.2) is 16.6 Å². The van der Waals surface area contributed by atoms with E-state index in [-0.39, 0.29) is 11.7 Å². The summed E-state index contributed by atoms with van der Waals surface area (Å²) >= 11 is 0. The number of hydrogen-bond donors (Lipinski definition) is 0. The van der Waals surface area contributed by atoms with Crippen molar-refractivity contribution in [1.82, 2.24) is 4.90 Å². The summed E-state index contributed by atoms with van der Waals surface area (Å²) in [4.78, 5) is 24.2. The van der Waals surface area contributed by atoms with Crippen molar-refractivity contribution < 1.29 is 9.59 Å². The molecule has 0 spiro atoms. The molecule has 0 saturated heterocycles. The van der Waals surface area contributed by atoms with Crippen LogP contribution in [0.5, 0.6) is 0 Å². The molecule has 1 rings (SSSR count). The third-order valence-corrected chi connectivity index (χ3v) is 2.47. The number of nitrogens with zero attached hydrogens (tertiary/aromatic N) is 1. The summed E-state index contributed by atoms with van der Waals surface area (Å²) in [6.07, 6.45) is 2.54. The Balaban J connectivity index is 3.13. The van der Waals surface area contributed by atoms with Gasteiger partial charge >= 0.3 is 0 Å². The topological polar surface area (TPSA) is 37.4 Å². The van der Waals surface area contributed by atoms with Gasteiger partial charge in [0.1, 0.15) is 0 Å². The first-order valence-corrected chi connectivity index (χ1v) is 4.63. The minimum atomic E-state index is -0.0466. The molecule has 0 aromatic carbocycles. The fourth-order valence-corrected chi connectivity index (χ4v) is 1.77. The lowest BCUT2D eigenvalue weighted by Gasteiger charge is -2.28. The van der Waals surface area contributed by atoms with Crippen LogP contribution in [0.1, 0.15) is 34.1 Å². The zero-order chi connectivity index (χ0) is 10.9. The van der Waals surface area contributed by atoms with Gasteiger partial charge in [-0.25, -0.2) is 0 Å². The molecule has 0 aliphatic carbocycles. The Labute approximate surface area is 84.1 Å². The summed E-state index contributed by atoms with van der Waals surface area (Å²) in [5.74, 6) is -0.00722. The Morgan fingerprint density at radius 3 is 2.29 bits per heavy atom. The predicted molar refractivity (Wildman–Crippen MR) is 54.3 cm³/mol. The molecule has 0 atom stereocenters. The molecule has 14 heavy (non-hydrogen) atoms. The van der Waals surface area contributed by atoms with Crippen LogP contribution in [0.4, 0.5) is 0 Å². The van der Waals surface area contributed by atoms with Gasteiger partial charge < -0.3 is 0 Å². The van der Waals surface area contributed by atoms with Gasteiger partial charge in [-0.1, -0.05) is 6.08 Å². The molecular weight excluding hydrogens is 178 g/mol. The van der Waals surface area contributed by atoms with Gasteiger partial charge in [-0.15, -0.1) is 0 Å². The smallest absolute Gasteiger partial charge is 0.227 e. The number of carbonyl (C=O) groups excluding carboxylic acids is 2. The van der Waals surface area contributed by atoms with E-state index >= 15 is 0 Å². The second-order valence-electron chi connectivity index (χ2n) is 3.52. The van der Waals surface area contributed by atoms with Crippen LogP contribution < -0.4 is 0 Å². The van der Waals surface area contributed by atoms with Gasteiger partial charge in [0.05, 0.1) is 0 Å². The van der Waals surface area contributed by atoms with Crippen molar-refractivity contribution in [3.05, 3.63) is 23.0 Å². The summed E-state index contributed by atoms with van der Waals surface area (Å²) < 4.78 is 0. The van der Waals surface area contributed by atoms with Crippen molar-refractivity contribution >= 4 is 11.7 Å². The Morgan fingerprint density at radius 1 is 1.29 bits per heavy atom. The number of rotatable bonds is 1. The van der Waals surface area contributed by atoms with Gasteiger partial charge in [0.25, 0.3) is 0 Å². The lowest BCUT2D eigenvalue weighted by molar-refractivity contribution is -0.125. The van der Waals surface area contributed by atoms with E-state index in [0.29, 0.717) is 6.42 Å². The fourth-order valence-electron chi connectivity index (χ4n) is 1.77. The van der Waals surface area contributed by atoms with E-state index in [1.165, 1.54) is 13.8 Å². The number of allylic oxidation sites excluding steroid dienone is 4.